The molecule has 3 nitrogen and oxygen atoms in total. The van der Waals surface area contributed by atoms with Gasteiger partial charge in [0.1, 0.15) is 10.7 Å². The van der Waals surface area contributed by atoms with Gasteiger partial charge in [-0.15, -0.1) is 11.3 Å². The SMILES string of the molecule is O=c1[nH]c(-c2ccc(Cl)cc2)nc2scc(-c3ccc(Cl)cc3)c12. The molecule has 2 aromatic carbocycles. The van der Waals surface area contributed by atoms with Crippen LogP contribution in [-0.4, -0.2) is 9.97 Å². The lowest BCUT2D eigenvalue weighted by Crippen LogP contribution is -2.08. The van der Waals surface area contributed by atoms with Crippen LogP contribution in [-0.2, 0) is 0 Å². The summed E-state index contributed by atoms with van der Waals surface area (Å²) in [5.74, 6) is 0.536. The number of hydrogen-bond donors (Lipinski definition) is 1. The van der Waals surface area contributed by atoms with E-state index in [0.717, 1.165) is 16.7 Å². The second-order valence-electron chi connectivity index (χ2n) is 5.26. The monoisotopic (exact) mass is 372 g/mol. The molecule has 0 atom stereocenters. The van der Waals surface area contributed by atoms with Crippen LogP contribution in [0.1, 0.15) is 0 Å². The van der Waals surface area contributed by atoms with Gasteiger partial charge in [0, 0.05) is 26.6 Å². The molecule has 0 fully saturated rings. The topological polar surface area (TPSA) is 45.8 Å². The first-order chi connectivity index (χ1) is 11.6. The maximum atomic E-state index is 12.6. The van der Waals surface area contributed by atoms with Crippen LogP contribution in [0.15, 0.2) is 58.7 Å². The average molecular weight is 373 g/mol. The molecule has 118 valence electrons. The molecular formula is C18H10Cl2N2OS. The van der Waals surface area contributed by atoms with Crippen molar-refractivity contribution in [3.8, 4) is 22.5 Å². The first kappa shape index (κ1) is 15.4. The fraction of sp³-hybridized carbons (Fsp3) is 0. The third-order valence-electron chi connectivity index (χ3n) is 3.72. The summed E-state index contributed by atoms with van der Waals surface area (Å²) in [6.07, 6.45) is 0. The van der Waals surface area contributed by atoms with Crippen LogP contribution in [0.4, 0.5) is 0 Å². The molecule has 0 aliphatic carbocycles. The summed E-state index contributed by atoms with van der Waals surface area (Å²) in [6.45, 7) is 0. The average Bonchev–Trinajstić information content (AvgIpc) is 3.01. The Balaban J connectivity index is 1.88. The van der Waals surface area contributed by atoms with Crippen molar-refractivity contribution in [2.24, 2.45) is 0 Å². The predicted octanol–water partition coefficient (Wildman–Crippen LogP) is 5.63. The minimum Gasteiger partial charge on any atom is -0.306 e. The Morgan fingerprint density at radius 2 is 1.46 bits per heavy atom. The van der Waals surface area contributed by atoms with Gasteiger partial charge in [-0.25, -0.2) is 4.98 Å². The van der Waals surface area contributed by atoms with Crippen molar-refractivity contribution in [3.05, 3.63) is 74.3 Å². The lowest BCUT2D eigenvalue weighted by atomic mass is 10.1. The number of H-pyrrole nitrogens is 1. The zero-order valence-electron chi connectivity index (χ0n) is 12.2. The van der Waals surface area contributed by atoms with Gasteiger partial charge < -0.3 is 4.98 Å². The Kier molecular flexibility index (Phi) is 3.88. The molecule has 0 bridgehead atoms. The normalized spacial score (nSPS) is 11.1. The fourth-order valence-electron chi connectivity index (χ4n) is 2.54. The van der Waals surface area contributed by atoms with Crippen LogP contribution in [0, 0.1) is 0 Å². The first-order valence-electron chi connectivity index (χ1n) is 7.15. The van der Waals surface area contributed by atoms with Crippen molar-refractivity contribution in [3.63, 3.8) is 0 Å². The summed E-state index contributed by atoms with van der Waals surface area (Å²) in [6, 6.07) is 14.6. The summed E-state index contributed by atoms with van der Waals surface area (Å²) in [5, 5.41) is 3.85. The van der Waals surface area contributed by atoms with Crippen LogP contribution < -0.4 is 5.56 Å². The molecule has 24 heavy (non-hydrogen) atoms. The van der Waals surface area contributed by atoms with E-state index in [1.807, 2.05) is 41.8 Å². The smallest absolute Gasteiger partial charge is 0.260 e. The molecule has 1 N–H and O–H groups in total. The van der Waals surface area contributed by atoms with E-state index < -0.39 is 0 Å². The van der Waals surface area contributed by atoms with Crippen LogP contribution in [0.25, 0.3) is 32.7 Å². The molecule has 6 heteroatoms. The maximum absolute atomic E-state index is 12.6. The molecule has 0 aliphatic rings. The van der Waals surface area contributed by atoms with E-state index in [2.05, 4.69) is 9.97 Å². The highest BCUT2D eigenvalue weighted by Gasteiger charge is 2.13. The van der Waals surface area contributed by atoms with E-state index in [1.54, 1.807) is 12.1 Å². The number of hydrogen-bond acceptors (Lipinski definition) is 3. The second kappa shape index (κ2) is 6.06. The van der Waals surface area contributed by atoms with E-state index in [9.17, 15) is 4.79 Å². The largest absolute Gasteiger partial charge is 0.306 e. The van der Waals surface area contributed by atoms with Gasteiger partial charge in [0.15, 0.2) is 0 Å². The van der Waals surface area contributed by atoms with Gasteiger partial charge in [-0.3, -0.25) is 4.79 Å². The standard InChI is InChI=1S/C18H10Cl2N2OS/c19-12-5-1-10(2-6-12)14-9-24-18-15(14)17(23)21-16(22-18)11-3-7-13(20)8-4-11/h1-9H,(H,21,22,23). The number of aromatic nitrogens is 2. The Morgan fingerprint density at radius 1 is 0.875 bits per heavy atom. The third kappa shape index (κ3) is 2.73. The summed E-state index contributed by atoms with van der Waals surface area (Å²) < 4.78 is 0. The van der Waals surface area contributed by atoms with Crippen LogP contribution >= 0.6 is 34.5 Å². The number of thiophene rings is 1. The number of nitrogens with zero attached hydrogens (tertiary/aromatic N) is 1. The molecule has 4 aromatic rings. The van der Waals surface area contributed by atoms with Gasteiger partial charge in [0.05, 0.1) is 5.39 Å². The number of rotatable bonds is 2. The molecule has 0 unspecified atom stereocenters. The Labute approximate surface area is 151 Å². The minimum atomic E-state index is -0.156. The number of benzene rings is 2. The van der Waals surface area contributed by atoms with Gasteiger partial charge in [0.25, 0.3) is 5.56 Å². The second-order valence-corrected chi connectivity index (χ2v) is 6.99. The molecule has 0 saturated heterocycles. The molecule has 0 amide bonds. The quantitative estimate of drug-likeness (QED) is 0.495. The van der Waals surface area contributed by atoms with Crippen molar-refractivity contribution in [2.75, 3.05) is 0 Å². The maximum Gasteiger partial charge on any atom is 0.260 e. The molecule has 2 heterocycles. The van der Waals surface area contributed by atoms with E-state index >= 15 is 0 Å². The fourth-order valence-corrected chi connectivity index (χ4v) is 3.74. The zero-order valence-corrected chi connectivity index (χ0v) is 14.5. The molecule has 4 rings (SSSR count). The zero-order chi connectivity index (χ0) is 16.7. The number of nitrogens with one attached hydrogen (secondary N) is 1. The first-order valence-corrected chi connectivity index (χ1v) is 8.79. The highest BCUT2D eigenvalue weighted by molar-refractivity contribution is 7.17. The Morgan fingerprint density at radius 3 is 2.08 bits per heavy atom. The van der Waals surface area contributed by atoms with Crippen molar-refractivity contribution >= 4 is 44.8 Å². The Hall–Kier alpha value is -2.14. The van der Waals surface area contributed by atoms with Crippen molar-refractivity contribution in [1.29, 1.82) is 0 Å². The van der Waals surface area contributed by atoms with E-state index in [4.69, 9.17) is 23.2 Å². The van der Waals surface area contributed by atoms with Gasteiger partial charge in [-0.2, -0.15) is 0 Å². The third-order valence-corrected chi connectivity index (χ3v) is 5.09. The molecule has 2 aromatic heterocycles. The summed E-state index contributed by atoms with van der Waals surface area (Å²) >= 11 is 13.3. The molecule has 0 radical (unpaired) electrons. The number of fused-ring (bicyclic) bond motifs is 1. The molecular weight excluding hydrogens is 363 g/mol. The van der Waals surface area contributed by atoms with Gasteiger partial charge >= 0.3 is 0 Å². The Bertz CT molecular complexity index is 1080. The predicted molar refractivity (Wildman–Crippen MR) is 101 cm³/mol. The number of halogens is 2. The molecule has 0 saturated carbocycles. The molecule has 0 aliphatic heterocycles. The highest BCUT2D eigenvalue weighted by atomic mass is 35.5. The van der Waals surface area contributed by atoms with Crippen molar-refractivity contribution < 1.29 is 0 Å². The summed E-state index contributed by atoms with van der Waals surface area (Å²) in [7, 11) is 0. The van der Waals surface area contributed by atoms with E-state index in [1.165, 1.54) is 11.3 Å². The van der Waals surface area contributed by atoms with Crippen molar-refractivity contribution in [2.45, 2.75) is 0 Å². The van der Waals surface area contributed by atoms with Gasteiger partial charge in [-0.1, -0.05) is 35.3 Å². The van der Waals surface area contributed by atoms with Crippen LogP contribution in [0.2, 0.25) is 10.0 Å². The van der Waals surface area contributed by atoms with Crippen LogP contribution in [0.3, 0.4) is 0 Å². The highest BCUT2D eigenvalue weighted by Crippen LogP contribution is 2.32. The van der Waals surface area contributed by atoms with Crippen molar-refractivity contribution in [1.82, 2.24) is 9.97 Å². The molecule has 0 spiro atoms. The van der Waals surface area contributed by atoms with Crippen LogP contribution in [0.5, 0.6) is 0 Å². The lowest BCUT2D eigenvalue weighted by Gasteiger charge is -2.03. The van der Waals surface area contributed by atoms with Gasteiger partial charge in [-0.05, 0) is 42.0 Å². The van der Waals surface area contributed by atoms with Gasteiger partial charge in [0.2, 0.25) is 0 Å². The summed E-state index contributed by atoms with van der Waals surface area (Å²) in [5.41, 5.74) is 2.47. The minimum absolute atomic E-state index is 0.156. The van der Waals surface area contributed by atoms with E-state index in [-0.39, 0.29) is 5.56 Å². The lowest BCUT2D eigenvalue weighted by molar-refractivity contribution is 1.19. The van der Waals surface area contributed by atoms with E-state index in [0.29, 0.717) is 26.1 Å². The number of aromatic amines is 1. The summed E-state index contributed by atoms with van der Waals surface area (Å²) in [4.78, 5) is 20.8.